The molecule has 5 atom stereocenters. The molecule has 3 fully saturated rings. The van der Waals surface area contributed by atoms with Crippen molar-refractivity contribution in [2.24, 2.45) is 5.92 Å². The second-order valence-electron chi connectivity index (χ2n) is 17.5. The fraction of sp³-hybridized carbons (Fsp3) is 0.609. The highest BCUT2D eigenvalue weighted by molar-refractivity contribution is 7.53. The minimum atomic E-state index is -3.50. The van der Waals surface area contributed by atoms with Crippen molar-refractivity contribution in [3.05, 3.63) is 47.4 Å². The van der Waals surface area contributed by atoms with Crippen molar-refractivity contribution in [3.8, 4) is 17.1 Å². The van der Waals surface area contributed by atoms with Crippen molar-refractivity contribution in [3.63, 3.8) is 0 Å². The van der Waals surface area contributed by atoms with Crippen molar-refractivity contribution in [1.29, 1.82) is 0 Å². The van der Waals surface area contributed by atoms with Gasteiger partial charge in [-0.15, -0.1) is 11.3 Å². The van der Waals surface area contributed by atoms with Crippen molar-refractivity contribution in [2.75, 3.05) is 37.8 Å². The molecule has 2 aromatic heterocycles. The van der Waals surface area contributed by atoms with Gasteiger partial charge in [-0.05, 0) is 104 Å². The highest BCUT2D eigenvalue weighted by Gasteiger charge is 2.62. The molecule has 3 N–H and O–H groups in total. The second kappa shape index (κ2) is 21.2. The Hall–Kier alpha value is -4.57. The normalized spacial score (nSPS) is 24.9. The number of nitrogens with zero attached hydrogens (tertiary/aromatic N) is 3. The Morgan fingerprint density at radius 1 is 1.00 bits per heavy atom. The van der Waals surface area contributed by atoms with Gasteiger partial charge in [-0.25, -0.2) is 19.6 Å². The monoisotopic (exact) mass is 922 g/mol. The Balaban J connectivity index is 1.18. The molecule has 2 aliphatic heterocycles. The van der Waals surface area contributed by atoms with Crippen LogP contribution in [0.4, 0.5) is 9.93 Å². The molecular formula is C46H63N6O10PS. The number of benzene rings is 1. The minimum Gasteiger partial charge on any atom is -0.488 e. The molecule has 0 unspecified atom stereocenters. The number of ether oxygens (including phenoxy) is 3. The first-order valence-corrected chi connectivity index (χ1v) is 25.5. The summed E-state index contributed by atoms with van der Waals surface area (Å²) in [6, 6.07) is 5.92. The molecule has 7 rings (SSSR count). The van der Waals surface area contributed by atoms with Crippen LogP contribution in [0.2, 0.25) is 0 Å². The van der Waals surface area contributed by atoms with Crippen LogP contribution in [-0.4, -0.2) is 107 Å². The zero-order valence-corrected chi connectivity index (χ0v) is 39.3. The van der Waals surface area contributed by atoms with Gasteiger partial charge >= 0.3 is 19.7 Å². The summed E-state index contributed by atoms with van der Waals surface area (Å²) in [5.74, 6) is -1.49. The lowest BCUT2D eigenvalue weighted by atomic mass is 10.0. The van der Waals surface area contributed by atoms with Gasteiger partial charge in [0.15, 0.2) is 5.13 Å². The molecule has 4 heterocycles. The van der Waals surface area contributed by atoms with Crippen LogP contribution in [-0.2, 0) is 37.5 Å². The van der Waals surface area contributed by atoms with Crippen LogP contribution in [0.1, 0.15) is 104 Å². The first-order chi connectivity index (χ1) is 30.8. The maximum absolute atomic E-state index is 14.8. The summed E-state index contributed by atoms with van der Waals surface area (Å²) in [5, 5.41) is 12.7. The lowest BCUT2D eigenvalue weighted by Gasteiger charge is -2.30. The van der Waals surface area contributed by atoms with E-state index in [4.69, 9.17) is 33.2 Å². The topological polar surface area (TPSA) is 197 Å². The Morgan fingerprint density at radius 2 is 1.77 bits per heavy atom. The third-order valence-corrected chi connectivity index (χ3v) is 14.9. The van der Waals surface area contributed by atoms with E-state index < -0.39 is 55.2 Å². The van der Waals surface area contributed by atoms with Crippen LogP contribution < -0.4 is 20.7 Å². The predicted molar refractivity (Wildman–Crippen MR) is 244 cm³/mol. The molecule has 348 valence electrons. The van der Waals surface area contributed by atoms with E-state index in [0.717, 1.165) is 61.0 Å². The summed E-state index contributed by atoms with van der Waals surface area (Å²) in [6.45, 7) is 9.62. The lowest BCUT2D eigenvalue weighted by Crippen LogP contribution is -2.56. The molecule has 4 aliphatic rings. The van der Waals surface area contributed by atoms with E-state index in [-0.39, 0.29) is 63.4 Å². The van der Waals surface area contributed by atoms with Crippen LogP contribution in [0, 0.1) is 12.8 Å². The number of allylic oxidation sites excluding steroid dienone is 1. The number of esters is 1. The Kier molecular flexibility index (Phi) is 15.7. The van der Waals surface area contributed by atoms with Crippen molar-refractivity contribution >= 4 is 58.8 Å². The zero-order chi connectivity index (χ0) is 45.4. The van der Waals surface area contributed by atoms with Gasteiger partial charge in [0.05, 0.1) is 37.1 Å². The molecule has 0 bridgehead atoms. The number of aryl methyl sites for hydroxylation is 1. The molecule has 2 saturated carbocycles. The molecule has 18 heteroatoms. The van der Waals surface area contributed by atoms with Gasteiger partial charge in [0.25, 0.3) is 0 Å². The van der Waals surface area contributed by atoms with E-state index >= 15 is 0 Å². The lowest BCUT2D eigenvalue weighted by molar-refractivity contribution is -0.150. The summed E-state index contributed by atoms with van der Waals surface area (Å²) >= 11 is 1.48. The fourth-order valence-electron chi connectivity index (χ4n) is 8.83. The summed E-state index contributed by atoms with van der Waals surface area (Å²) in [4.78, 5) is 68.1. The smallest absolute Gasteiger partial charge is 0.408 e. The average Bonchev–Trinajstić information content (AvgIpc) is 3.68. The SMILES string of the molecule is CCOP(=O)(CCOC(=O)[C@@]12C[C@H]1/C=C\CCCCC[C@H](NC(=O)OC1CCCC1)C(=O)N1C[C@H](Oc3cc(-c4csc(NC(C)C)n4)nc4cc(C)ccc34)C[C@H]1C(=O)N2)OCC. The van der Waals surface area contributed by atoms with Gasteiger partial charge in [-0.3, -0.25) is 14.2 Å². The average molecular weight is 923 g/mol. The molecule has 16 nitrogen and oxygen atoms in total. The third kappa shape index (κ3) is 11.6. The Bertz CT molecular complexity index is 2220. The second-order valence-corrected chi connectivity index (χ2v) is 20.5. The summed E-state index contributed by atoms with van der Waals surface area (Å²) in [5.41, 5.74) is 1.60. The van der Waals surface area contributed by atoms with Gasteiger partial charge in [0, 0.05) is 35.2 Å². The summed E-state index contributed by atoms with van der Waals surface area (Å²) in [6.07, 6.45) is 9.54. The number of carbonyl (C=O) groups is 4. The molecule has 0 spiro atoms. The number of rotatable bonds is 15. The summed E-state index contributed by atoms with van der Waals surface area (Å²) in [7, 11) is -3.50. The van der Waals surface area contributed by atoms with Crippen LogP contribution in [0.5, 0.6) is 5.75 Å². The number of thiazole rings is 1. The zero-order valence-electron chi connectivity index (χ0n) is 37.6. The van der Waals surface area contributed by atoms with Crippen LogP contribution >= 0.6 is 18.9 Å². The highest BCUT2D eigenvalue weighted by atomic mass is 32.1. The van der Waals surface area contributed by atoms with Gasteiger partial charge in [0.1, 0.15) is 47.9 Å². The maximum atomic E-state index is 14.8. The third-order valence-electron chi connectivity index (χ3n) is 12.1. The number of amides is 3. The first-order valence-electron chi connectivity index (χ1n) is 22.9. The number of hydrogen-bond donors (Lipinski definition) is 3. The molecular weight excluding hydrogens is 860 g/mol. The summed E-state index contributed by atoms with van der Waals surface area (Å²) < 4.78 is 42.2. The maximum Gasteiger partial charge on any atom is 0.408 e. The van der Waals surface area contributed by atoms with E-state index in [1.54, 1.807) is 13.8 Å². The Morgan fingerprint density at radius 3 is 2.52 bits per heavy atom. The molecule has 2 aliphatic carbocycles. The van der Waals surface area contributed by atoms with E-state index in [1.807, 2.05) is 62.6 Å². The van der Waals surface area contributed by atoms with Gasteiger partial charge in [-0.1, -0.05) is 31.1 Å². The Labute approximate surface area is 379 Å². The van der Waals surface area contributed by atoms with Crippen molar-refractivity contribution in [1.82, 2.24) is 25.5 Å². The highest BCUT2D eigenvalue weighted by Crippen LogP contribution is 2.49. The van der Waals surface area contributed by atoms with E-state index in [1.165, 1.54) is 16.2 Å². The number of anilines is 1. The quantitative estimate of drug-likeness (QED) is 0.0753. The van der Waals surface area contributed by atoms with Crippen LogP contribution in [0.25, 0.3) is 22.3 Å². The van der Waals surface area contributed by atoms with Gasteiger partial charge in [0.2, 0.25) is 11.8 Å². The number of nitrogens with one attached hydrogen (secondary N) is 3. The first kappa shape index (κ1) is 47.4. The van der Waals surface area contributed by atoms with Crippen molar-refractivity contribution < 1.29 is 47.0 Å². The van der Waals surface area contributed by atoms with E-state index in [2.05, 4.69) is 16.0 Å². The van der Waals surface area contributed by atoms with Gasteiger partial charge < -0.3 is 44.1 Å². The fourth-order valence-corrected chi connectivity index (χ4v) is 11.1. The van der Waals surface area contributed by atoms with Crippen LogP contribution in [0.3, 0.4) is 0 Å². The number of carbonyl (C=O) groups excluding carboxylic acids is 4. The molecule has 3 aromatic rings. The number of pyridine rings is 1. The number of aromatic nitrogens is 2. The van der Waals surface area contributed by atoms with Crippen molar-refractivity contribution in [2.45, 2.75) is 141 Å². The minimum absolute atomic E-state index is 0.0296. The molecule has 3 amide bonds. The van der Waals surface area contributed by atoms with Gasteiger partial charge in [-0.2, -0.15) is 0 Å². The number of alkyl carbamates (subject to hydrolysis) is 1. The van der Waals surface area contributed by atoms with E-state index in [9.17, 15) is 23.7 Å². The van der Waals surface area contributed by atoms with Crippen LogP contribution in [0.15, 0.2) is 41.8 Å². The number of fused-ring (bicyclic) bond motifs is 3. The largest absolute Gasteiger partial charge is 0.488 e. The molecule has 0 radical (unpaired) electrons. The predicted octanol–water partition coefficient (Wildman–Crippen LogP) is 8.08. The molecule has 64 heavy (non-hydrogen) atoms. The standard InChI is InChI=1S/C46H63N6O10PS/c1-6-59-63(57,60-7-2)22-21-58-43(55)46-26-31(46)15-11-9-8-10-12-18-35(50-45(56)62-32-16-13-14-17-32)42(54)52-27-33(24-39(52)41(53)51-46)61-40-25-37(38-28-64-44(49-38)47-29(3)4)48-36-23-30(5)19-20-34(36)40/h11,15,19-20,23,25,28-29,31-33,35,39H,6-10,12-14,16-18,21-22,24,26-27H2,1-5H3,(H,47,49)(H,50,56)(H,51,53)/b15-11-/t31-,33-,35+,39+,46-/m1/s1. The number of hydrogen-bond acceptors (Lipinski definition) is 14. The molecule has 1 aromatic carbocycles. The van der Waals surface area contributed by atoms with E-state index in [0.29, 0.717) is 35.5 Å². The molecule has 1 saturated heterocycles.